The smallest absolute Gasteiger partial charge is 0.371 e. The number of hydrogen-bond donors (Lipinski definition) is 1. The highest BCUT2D eigenvalue weighted by molar-refractivity contribution is 5.98. The maximum Gasteiger partial charge on any atom is 0.404 e. The van der Waals surface area contributed by atoms with E-state index in [1.807, 2.05) is 24.3 Å². The number of anilines is 2. The molecule has 0 aliphatic carbocycles. The van der Waals surface area contributed by atoms with Crippen molar-refractivity contribution in [2.24, 2.45) is 5.92 Å². The molecule has 3 aliphatic rings. The van der Waals surface area contributed by atoms with Gasteiger partial charge in [-0.2, -0.15) is 13.2 Å². The fraction of sp³-hybridized carbons (Fsp3) is 0.444. The van der Waals surface area contributed by atoms with E-state index in [0.717, 1.165) is 37.2 Å². The zero-order valence-corrected chi connectivity index (χ0v) is 26.0. The zero-order chi connectivity index (χ0) is 32.4. The second-order valence-corrected chi connectivity index (χ2v) is 12.8. The van der Waals surface area contributed by atoms with Gasteiger partial charge in [-0.3, -0.25) is 14.5 Å². The lowest BCUT2D eigenvalue weighted by molar-refractivity contribution is -0.177. The van der Waals surface area contributed by atoms with E-state index in [1.165, 1.54) is 11.0 Å². The highest BCUT2D eigenvalue weighted by Gasteiger charge is 2.46. The Morgan fingerprint density at radius 1 is 0.870 bits per heavy atom. The maximum atomic E-state index is 15.0. The van der Waals surface area contributed by atoms with Gasteiger partial charge in [0.15, 0.2) is 0 Å². The summed E-state index contributed by atoms with van der Waals surface area (Å²) < 4.78 is 55.7. The van der Waals surface area contributed by atoms with Crippen molar-refractivity contribution in [3.63, 3.8) is 0 Å². The van der Waals surface area contributed by atoms with Crippen LogP contribution in [0, 0.1) is 18.7 Å². The number of nitrogens with one attached hydrogen (secondary N) is 1. The Hall–Kier alpha value is -3.92. The summed E-state index contributed by atoms with van der Waals surface area (Å²) in [5.74, 6) is -1.96. The van der Waals surface area contributed by atoms with Crippen molar-refractivity contribution >= 4 is 23.2 Å². The van der Waals surface area contributed by atoms with E-state index in [9.17, 15) is 22.8 Å². The van der Waals surface area contributed by atoms with Crippen molar-refractivity contribution < 1.29 is 27.2 Å². The standard InChI is InChI=1S/C36H40F4N4O2/c1-24-8-4-12-30(37)32(24)35(46)44-21-6-11-29(34(45)41-27-9-5-10-28(22-27)42-18-2-3-19-42)33(44)26-16-14-25(15-17-26)23-43-20-7-13-31(43)36(38,39)40/h4-5,8-10,12,14-17,22,29,31,33H,2-3,6-7,11,13,18-21,23H2,1H3,(H,41,45)/t29?,31?,33-/m0/s1. The molecular weight excluding hydrogens is 596 g/mol. The normalized spacial score (nSPS) is 22.3. The number of rotatable bonds is 7. The van der Waals surface area contributed by atoms with E-state index in [1.54, 1.807) is 48.2 Å². The average Bonchev–Trinajstić information content (AvgIpc) is 3.74. The molecular formula is C36H40F4N4O2. The molecule has 3 aliphatic heterocycles. The number of piperidine rings is 1. The number of likely N-dealkylation sites (tertiary alicyclic amines) is 2. The molecule has 244 valence electrons. The monoisotopic (exact) mass is 636 g/mol. The van der Waals surface area contributed by atoms with Gasteiger partial charge >= 0.3 is 6.18 Å². The van der Waals surface area contributed by atoms with E-state index in [4.69, 9.17) is 0 Å². The van der Waals surface area contributed by atoms with Gasteiger partial charge in [-0.25, -0.2) is 4.39 Å². The van der Waals surface area contributed by atoms with Crippen molar-refractivity contribution in [1.82, 2.24) is 9.80 Å². The van der Waals surface area contributed by atoms with Crippen LogP contribution in [0.4, 0.5) is 28.9 Å². The van der Waals surface area contributed by atoms with Crippen LogP contribution < -0.4 is 10.2 Å². The van der Waals surface area contributed by atoms with E-state index < -0.39 is 35.9 Å². The molecule has 3 saturated heterocycles. The van der Waals surface area contributed by atoms with Gasteiger partial charge in [-0.05, 0) is 92.9 Å². The Bertz CT molecular complexity index is 1530. The summed E-state index contributed by atoms with van der Waals surface area (Å²) in [4.78, 5) is 33.3. The Morgan fingerprint density at radius 2 is 1.59 bits per heavy atom. The topological polar surface area (TPSA) is 55.9 Å². The van der Waals surface area contributed by atoms with Crippen LogP contribution in [0.15, 0.2) is 66.7 Å². The molecule has 3 heterocycles. The van der Waals surface area contributed by atoms with Crippen molar-refractivity contribution in [3.05, 3.63) is 94.8 Å². The van der Waals surface area contributed by atoms with Crippen LogP contribution in [-0.4, -0.2) is 60.0 Å². The Kier molecular flexibility index (Phi) is 9.36. The quantitative estimate of drug-likeness (QED) is 0.273. The SMILES string of the molecule is Cc1cccc(F)c1C(=O)N1CCCC(C(=O)Nc2cccc(N3CCCC3)c2)[C@@H]1c1ccc(CN2CCCC2C(F)(F)F)cc1. The molecule has 3 atom stereocenters. The molecule has 2 amide bonds. The van der Waals surface area contributed by atoms with Crippen LogP contribution in [0.5, 0.6) is 0 Å². The Morgan fingerprint density at radius 3 is 2.30 bits per heavy atom. The largest absolute Gasteiger partial charge is 0.404 e. The molecule has 0 bridgehead atoms. The Balaban J connectivity index is 1.29. The molecule has 0 radical (unpaired) electrons. The predicted octanol–water partition coefficient (Wildman–Crippen LogP) is 7.49. The molecule has 6 nitrogen and oxygen atoms in total. The fourth-order valence-corrected chi connectivity index (χ4v) is 7.39. The van der Waals surface area contributed by atoms with Crippen LogP contribution >= 0.6 is 0 Å². The molecule has 46 heavy (non-hydrogen) atoms. The number of nitrogens with zero attached hydrogens (tertiary/aromatic N) is 3. The second-order valence-electron chi connectivity index (χ2n) is 12.8. The third-order valence-electron chi connectivity index (χ3n) is 9.70. The van der Waals surface area contributed by atoms with Crippen LogP contribution in [0.2, 0.25) is 0 Å². The number of aryl methyl sites for hydroxylation is 1. The lowest BCUT2D eigenvalue weighted by Gasteiger charge is -2.41. The van der Waals surface area contributed by atoms with E-state index >= 15 is 4.39 Å². The van der Waals surface area contributed by atoms with Gasteiger partial charge in [-0.15, -0.1) is 0 Å². The number of alkyl halides is 3. The molecule has 3 fully saturated rings. The summed E-state index contributed by atoms with van der Waals surface area (Å²) >= 11 is 0. The van der Waals surface area contributed by atoms with Crippen LogP contribution in [0.3, 0.4) is 0 Å². The van der Waals surface area contributed by atoms with Crippen molar-refractivity contribution in [2.75, 3.05) is 36.4 Å². The van der Waals surface area contributed by atoms with Crippen molar-refractivity contribution in [1.29, 1.82) is 0 Å². The van der Waals surface area contributed by atoms with E-state index in [0.29, 0.717) is 49.2 Å². The number of benzene rings is 3. The average molecular weight is 637 g/mol. The molecule has 0 saturated carbocycles. The fourth-order valence-electron chi connectivity index (χ4n) is 7.39. The number of carbonyl (C=O) groups excluding carboxylic acids is 2. The van der Waals surface area contributed by atoms with Gasteiger partial charge in [0.25, 0.3) is 5.91 Å². The highest BCUT2D eigenvalue weighted by Crippen LogP contribution is 2.39. The first-order valence-corrected chi connectivity index (χ1v) is 16.2. The Labute approximate surface area is 267 Å². The molecule has 0 spiro atoms. The lowest BCUT2D eigenvalue weighted by Crippen LogP contribution is -2.46. The molecule has 3 aromatic carbocycles. The number of carbonyl (C=O) groups is 2. The maximum absolute atomic E-state index is 15.0. The third-order valence-corrected chi connectivity index (χ3v) is 9.70. The molecule has 0 aromatic heterocycles. The van der Waals surface area contributed by atoms with Gasteiger partial charge in [0.1, 0.15) is 11.9 Å². The first-order chi connectivity index (χ1) is 22.1. The minimum Gasteiger partial charge on any atom is -0.371 e. The van der Waals surface area contributed by atoms with Gasteiger partial charge < -0.3 is 15.1 Å². The minimum atomic E-state index is -4.28. The molecule has 10 heteroatoms. The number of amides is 2. The number of halogens is 4. The second kappa shape index (κ2) is 13.4. The zero-order valence-electron chi connectivity index (χ0n) is 26.0. The summed E-state index contributed by atoms with van der Waals surface area (Å²) in [5, 5.41) is 3.09. The lowest BCUT2D eigenvalue weighted by atomic mass is 9.83. The summed E-state index contributed by atoms with van der Waals surface area (Å²) in [6.07, 6.45) is -0.350. The summed E-state index contributed by atoms with van der Waals surface area (Å²) in [6.45, 7) is 4.50. The van der Waals surface area contributed by atoms with E-state index in [2.05, 4.69) is 10.2 Å². The van der Waals surface area contributed by atoms with Crippen LogP contribution in [0.1, 0.15) is 71.6 Å². The first kappa shape index (κ1) is 32.0. The van der Waals surface area contributed by atoms with Crippen molar-refractivity contribution in [2.45, 2.75) is 70.3 Å². The summed E-state index contributed by atoms with van der Waals surface area (Å²) in [6, 6.07) is 17.3. The number of hydrogen-bond acceptors (Lipinski definition) is 4. The minimum absolute atomic E-state index is 0.0179. The molecule has 1 N–H and O–H groups in total. The van der Waals surface area contributed by atoms with Gasteiger partial charge in [0, 0.05) is 37.6 Å². The van der Waals surface area contributed by atoms with Crippen LogP contribution in [0.25, 0.3) is 0 Å². The van der Waals surface area contributed by atoms with Gasteiger partial charge in [0.05, 0.1) is 17.5 Å². The molecule has 6 rings (SSSR count). The third kappa shape index (κ3) is 6.77. The summed E-state index contributed by atoms with van der Waals surface area (Å²) in [5.41, 5.74) is 3.61. The van der Waals surface area contributed by atoms with Gasteiger partial charge in [-0.1, -0.05) is 42.5 Å². The van der Waals surface area contributed by atoms with Gasteiger partial charge in [0.2, 0.25) is 5.91 Å². The van der Waals surface area contributed by atoms with Crippen molar-refractivity contribution in [3.8, 4) is 0 Å². The predicted molar refractivity (Wildman–Crippen MR) is 170 cm³/mol. The van der Waals surface area contributed by atoms with E-state index in [-0.39, 0.29) is 24.4 Å². The molecule has 2 unspecified atom stereocenters. The first-order valence-electron chi connectivity index (χ1n) is 16.2. The molecule has 3 aromatic rings. The highest BCUT2D eigenvalue weighted by atomic mass is 19.4. The summed E-state index contributed by atoms with van der Waals surface area (Å²) in [7, 11) is 0. The van der Waals surface area contributed by atoms with Crippen LogP contribution in [-0.2, 0) is 11.3 Å².